The number of anilines is 1. The molecule has 3 heterocycles. The monoisotopic (exact) mass is 1210 g/mol. The van der Waals surface area contributed by atoms with Crippen LogP contribution in [0.1, 0.15) is 74.5 Å². The Balaban J connectivity index is 0.842. The number of rotatable bonds is 46. The average Bonchev–Trinajstić information content (AvgIpc) is 3.41. The molecule has 2 saturated heterocycles. The van der Waals surface area contributed by atoms with Crippen LogP contribution in [0.5, 0.6) is 0 Å². The number of nitrogens with zero attached hydrogens (tertiary/aromatic N) is 4. The molecule has 2 N–H and O–H groups in total. The molecular formula is C58H78N6O22. The van der Waals surface area contributed by atoms with Crippen molar-refractivity contribution in [1.29, 1.82) is 0 Å². The molecule has 8 amide bonds. The molecule has 0 aromatic heterocycles. The van der Waals surface area contributed by atoms with Crippen LogP contribution in [0.15, 0.2) is 48.5 Å². The molecule has 0 unspecified atom stereocenters. The van der Waals surface area contributed by atoms with Gasteiger partial charge in [0.2, 0.25) is 23.6 Å². The zero-order valence-electron chi connectivity index (χ0n) is 48.4. The minimum atomic E-state index is -0.769. The van der Waals surface area contributed by atoms with Gasteiger partial charge in [0.25, 0.3) is 23.6 Å². The summed E-state index contributed by atoms with van der Waals surface area (Å²) in [7, 11) is 0. The predicted molar refractivity (Wildman–Crippen MR) is 298 cm³/mol. The van der Waals surface area contributed by atoms with Crippen LogP contribution in [0.25, 0.3) is 0 Å². The summed E-state index contributed by atoms with van der Waals surface area (Å²) in [5, 5.41) is 6.36. The summed E-state index contributed by atoms with van der Waals surface area (Å²) in [6, 6.07) is 15.2. The molecule has 86 heavy (non-hydrogen) atoms. The molecule has 0 saturated carbocycles. The van der Waals surface area contributed by atoms with Gasteiger partial charge in [-0.15, -0.1) is 10.1 Å². The van der Waals surface area contributed by atoms with E-state index in [2.05, 4.69) is 22.5 Å². The minimum Gasteiger partial charge on any atom is -0.379 e. The van der Waals surface area contributed by atoms with Gasteiger partial charge in [-0.25, -0.2) is 9.59 Å². The lowest BCUT2D eigenvalue weighted by molar-refractivity contribution is -0.198. The van der Waals surface area contributed by atoms with Crippen LogP contribution < -0.4 is 15.5 Å². The second-order valence-electron chi connectivity index (χ2n) is 18.9. The summed E-state index contributed by atoms with van der Waals surface area (Å²) in [5.41, 5.74) is 3.27. The van der Waals surface area contributed by atoms with Crippen LogP contribution in [-0.4, -0.2) is 233 Å². The number of benzene rings is 2. The van der Waals surface area contributed by atoms with Crippen molar-refractivity contribution in [2.45, 2.75) is 64.3 Å². The fraction of sp³-hybridized carbons (Fsp3) is 0.586. The van der Waals surface area contributed by atoms with Crippen LogP contribution in [0, 0.1) is 11.8 Å². The zero-order valence-corrected chi connectivity index (χ0v) is 48.4. The van der Waals surface area contributed by atoms with Gasteiger partial charge in [-0.2, -0.15) is 0 Å². The van der Waals surface area contributed by atoms with E-state index in [-0.39, 0.29) is 207 Å². The van der Waals surface area contributed by atoms with Crippen molar-refractivity contribution < 1.29 is 105 Å². The first-order chi connectivity index (χ1) is 41.9. The molecule has 0 aliphatic carbocycles. The first kappa shape index (κ1) is 69.5. The second-order valence-corrected chi connectivity index (χ2v) is 18.9. The van der Waals surface area contributed by atoms with Crippen molar-refractivity contribution in [3.05, 3.63) is 65.2 Å². The Labute approximate surface area is 498 Å². The van der Waals surface area contributed by atoms with Crippen molar-refractivity contribution >= 4 is 64.9 Å². The number of carbonyl (C=O) groups excluding carboxylic acids is 10. The van der Waals surface area contributed by atoms with Gasteiger partial charge in [-0.05, 0) is 23.8 Å². The summed E-state index contributed by atoms with van der Waals surface area (Å²) in [5.74, 6) is 1.39. The molecule has 2 fully saturated rings. The predicted octanol–water partition coefficient (Wildman–Crippen LogP) is 0.325. The van der Waals surface area contributed by atoms with Gasteiger partial charge in [-0.1, -0.05) is 42.2 Å². The second kappa shape index (κ2) is 41.7. The first-order valence-corrected chi connectivity index (χ1v) is 28.6. The number of fused-ring (bicyclic) bond motifs is 2. The maximum Gasteiger partial charge on any atom is 0.335 e. The smallest absolute Gasteiger partial charge is 0.335 e. The summed E-state index contributed by atoms with van der Waals surface area (Å²) in [6.45, 7) is 4.68. The number of nitrogens with one attached hydrogen (secondary N) is 2. The third-order valence-electron chi connectivity index (χ3n) is 12.5. The SMILES string of the molecule is O=C(CCC(=O)N1Cc2ccccc2C#Cc2ccccc21)NCCOCCOCCOCCOCCC(=O)NCC(=O)N(CCOCCOCCOCCC(=O)ON1C(=O)CCC1=O)CCOCCOCCOCCC(=O)ON1C(=O)CCC1=O. The molecule has 0 bridgehead atoms. The minimum absolute atomic E-state index is 0.00199. The summed E-state index contributed by atoms with van der Waals surface area (Å²) in [4.78, 5) is 135. The Bertz CT molecular complexity index is 2470. The number of amides is 8. The van der Waals surface area contributed by atoms with Crippen molar-refractivity contribution in [2.24, 2.45) is 0 Å². The highest BCUT2D eigenvalue weighted by atomic mass is 16.7. The molecule has 3 aliphatic heterocycles. The van der Waals surface area contributed by atoms with Gasteiger partial charge in [0, 0.05) is 75.7 Å². The van der Waals surface area contributed by atoms with Crippen molar-refractivity contribution in [1.82, 2.24) is 25.7 Å². The molecule has 2 aromatic rings. The highest BCUT2D eigenvalue weighted by Gasteiger charge is 2.34. The highest BCUT2D eigenvalue weighted by molar-refractivity contribution is 6.02. The largest absolute Gasteiger partial charge is 0.379 e. The van der Waals surface area contributed by atoms with Crippen LogP contribution in [-0.2, 0) is 112 Å². The van der Waals surface area contributed by atoms with E-state index in [9.17, 15) is 47.9 Å². The average molecular weight is 1210 g/mol. The topological polar surface area (TPSA) is 318 Å². The molecule has 0 atom stereocenters. The fourth-order valence-electron chi connectivity index (χ4n) is 7.93. The molecular weight excluding hydrogens is 1130 g/mol. The Morgan fingerprint density at radius 1 is 0.430 bits per heavy atom. The van der Waals surface area contributed by atoms with E-state index in [0.29, 0.717) is 43.1 Å². The van der Waals surface area contributed by atoms with E-state index < -0.39 is 41.5 Å². The van der Waals surface area contributed by atoms with Gasteiger partial charge >= 0.3 is 11.9 Å². The molecule has 5 rings (SSSR count). The van der Waals surface area contributed by atoms with Crippen LogP contribution in [0.2, 0.25) is 0 Å². The maximum atomic E-state index is 13.4. The Kier molecular flexibility index (Phi) is 33.7. The molecule has 472 valence electrons. The third-order valence-corrected chi connectivity index (χ3v) is 12.5. The van der Waals surface area contributed by atoms with E-state index in [4.69, 9.17) is 57.0 Å². The Hall–Kier alpha value is -7.30. The standard InChI is InChI=1S/C58H78N6O22/c65-49(11-12-51(67)62-44-47-7-2-1-5-45(47)9-10-46-6-3-4-8-48(46)62)59-20-26-78-32-38-84-42-41-83-35-29-75-23-17-50(66)60-43-56(72)61(21-27-79-33-39-81-36-30-76-24-18-57(73)85-63-52(68)13-14-53(63)69)22-28-80-34-40-82-37-31-77-25-19-58(74)86-64-54(70)15-16-55(64)71/h1-8H,11-44H2,(H,59,65)(H,60,66). The van der Waals surface area contributed by atoms with Crippen molar-refractivity contribution in [3.8, 4) is 11.8 Å². The molecule has 2 aromatic carbocycles. The molecule has 28 nitrogen and oxygen atoms in total. The summed E-state index contributed by atoms with van der Waals surface area (Å²) < 4.78 is 55.1. The number of hydrogen-bond donors (Lipinski definition) is 2. The lowest BCUT2D eigenvalue weighted by Gasteiger charge is -2.26. The number of carbonyl (C=O) groups is 10. The number of ether oxygens (including phenoxy) is 10. The third kappa shape index (κ3) is 27.8. The zero-order chi connectivity index (χ0) is 61.4. The van der Waals surface area contributed by atoms with Crippen molar-refractivity contribution in [2.75, 3.05) is 163 Å². The first-order valence-electron chi connectivity index (χ1n) is 28.6. The van der Waals surface area contributed by atoms with Gasteiger partial charge in [0.15, 0.2) is 0 Å². The summed E-state index contributed by atoms with van der Waals surface area (Å²) >= 11 is 0. The van der Waals surface area contributed by atoms with Gasteiger partial charge < -0.3 is 77.5 Å². The van der Waals surface area contributed by atoms with E-state index in [1.165, 1.54) is 4.90 Å². The number of para-hydroxylation sites is 1. The Morgan fingerprint density at radius 3 is 1.33 bits per heavy atom. The Morgan fingerprint density at radius 2 is 0.826 bits per heavy atom. The lowest BCUT2D eigenvalue weighted by atomic mass is 10.0. The quantitative estimate of drug-likeness (QED) is 0.0512. The van der Waals surface area contributed by atoms with Crippen LogP contribution >= 0.6 is 0 Å². The molecule has 3 aliphatic rings. The molecule has 0 spiro atoms. The number of imide groups is 2. The van der Waals surface area contributed by atoms with Crippen LogP contribution in [0.4, 0.5) is 5.69 Å². The lowest BCUT2D eigenvalue weighted by Crippen LogP contribution is -2.43. The van der Waals surface area contributed by atoms with Gasteiger partial charge in [0.05, 0.1) is 164 Å². The van der Waals surface area contributed by atoms with E-state index >= 15 is 0 Å². The highest BCUT2D eigenvalue weighted by Crippen LogP contribution is 2.26. The maximum absolute atomic E-state index is 13.4. The van der Waals surface area contributed by atoms with Crippen molar-refractivity contribution in [3.63, 3.8) is 0 Å². The van der Waals surface area contributed by atoms with E-state index in [0.717, 1.165) is 22.4 Å². The van der Waals surface area contributed by atoms with Gasteiger partial charge in [0.1, 0.15) is 0 Å². The summed E-state index contributed by atoms with van der Waals surface area (Å²) in [6.07, 6.45) is -0.235. The van der Waals surface area contributed by atoms with E-state index in [1.54, 1.807) is 4.90 Å². The van der Waals surface area contributed by atoms with Gasteiger partial charge in [-0.3, -0.25) is 38.4 Å². The number of hydroxylamine groups is 4. The molecule has 0 radical (unpaired) electrons. The van der Waals surface area contributed by atoms with E-state index in [1.807, 2.05) is 48.5 Å². The normalized spacial score (nSPS) is 13.6. The molecule has 28 heteroatoms. The van der Waals surface area contributed by atoms with Crippen LogP contribution in [0.3, 0.4) is 0 Å². The number of hydrogen-bond acceptors (Lipinski definition) is 22. The fourth-order valence-corrected chi connectivity index (χ4v) is 7.93.